The van der Waals surface area contributed by atoms with Crippen LogP contribution in [-0.2, 0) is 4.74 Å². The molecule has 17 heavy (non-hydrogen) atoms. The first-order valence-electron chi connectivity index (χ1n) is 5.90. The van der Waals surface area contributed by atoms with E-state index in [0.717, 1.165) is 31.4 Å². The van der Waals surface area contributed by atoms with Crippen LogP contribution in [0.1, 0.15) is 30.7 Å². The fraction of sp³-hybridized carbons (Fsp3) is 0.538. The van der Waals surface area contributed by atoms with E-state index in [2.05, 4.69) is 0 Å². The van der Waals surface area contributed by atoms with Crippen molar-refractivity contribution in [3.63, 3.8) is 0 Å². The second kappa shape index (κ2) is 6.05. The first kappa shape index (κ1) is 13.2. The number of aliphatic hydroxyl groups is 1. The summed E-state index contributed by atoms with van der Waals surface area (Å²) in [6, 6.07) is 5.65. The molecule has 2 rings (SSSR count). The lowest BCUT2D eigenvalue weighted by molar-refractivity contribution is 0.00589. The van der Waals surface area contributed by atoms with E-state index in [1.54, 1.807) is 6.07 Å². The maximum Gasteiger partial charge on any atom is 0.0873 e. The fourth-order valence-corrected chi connectivity index (χ4v) is 2.61. The molecule has 1 aliphatic heterocycles. The standard InChI is InChI=1S/C13H16Cl2O2/c14-11-5-4-9(7-12(11)15)10-3-1-2-6-17-13(10)8-16/h4-5,7,10,13,16H,1-3,6,8H2/t10-,13+/m1/s1. The highest BCUT2D eigenvalue weighted by Crippen LogP contribution is 2.33. The highest BCUT2D eigenvalue weighted by molar-refractivity contribution is 6.42. The maximum atomic E-state index is 9.39. The van der Waals surface area contributed by atoms with E-state index < -0.39 is 0 Å². The quantitative estimate of drug-likeness (QED) is 0.892. The van der Waals surface area contributed by atoms with Gasteiger partial charge in [-0.3, -0.25) is 0 Å². The maximum absolute atomic E-state index is 9.39. The molecule has 0 spiro atoms. The molecule has 0 radical (unpaired) electrons. The smallest absolute Gasteiger partial charge is 0.0873 e. The van der Waals surface area contributed by atoms with Gasteiger partial charge in [0, 0.05) is 12.5 Å². The first-order valence-corrected chi connectivity index (χ1v) is 6.65. The summed E-state index contributed by atoms with van der Waals surface area (Å²) >= 11 is 11.9. The van der Waals surface area contributed by atoms with Crippen LogP contribution < -0.4 is 0 Å². The molecule has 0 saturated carbocycles. The van der Waals surface area contributed by atoms with Gasteiger partial charge >= 0.3 is 0 Å². The lowest BCUT2D eigenvalue weighted by Gasteiger charge is -2.23. The molecule has 1 saturated heterocycles. The van der Waals surface area contributed by atoms with E-state index in [1.807, 2.05) is 12.1 Å². The van der Waals surface area contributed by atoms with Crippen LogP contribution in [0.2, 0.25) is 10.0 Å². The van der Waals surface area contributed by atoms with Crippen molar-refractivity contribution in [1.82, 2.24) is 0 Å². The summed E-state index contributed by atoms with van der Waals surface area (Å²) in [6.45, 7) is 0.772. The number of halogens is 2. The number of aliphatic hydroxyl groups excluding tert-OH is 1. The molecule has 1 heterocycles. The summed E-state index contributed by atoms with van der Waals surface area (Å²) in [4.78, 5) is 0. The van der Waals surface area contributed by atoms with Gasteiger partial charge in [-0.25, -0.2) is 0 Å². The van der Waals surface area contributed by atoms with Crippen LogP contribution in [0.4, 0.5) is 0 Å². The number of hydrogen-bond donors (Lipinski definition) is 1. The molecule has 2 nitrogen and oxygen atoms in total. The fourth-order valence-electron chi connectivity index (χ4n) is 2.31. The molecular weight excluding hydrogens is 259 g/mol. The Morgan fingerprint density at radius 2 is 2.06 bits per heavy atom. The molecule has 0 aliphatic carbocycles. The van der Waals surface area contributed by atoms with Crippen LogP contribution in [0.3, 0.4) is 0 Å². The Hall–Kier alpha value is -0.280. The van der Waals surface area contributed by atoms with Crippen molar-refractivity contribution in [3.8, 4) is 0 Å². The molecule has 1 fully saturated rings. The van der Waals surface area contributed by atoms with Crippen LogP contribution in [-0.4, -0.2) is 24.4 Å². The topological polar surface area (TPSA) is 29.5 Å². The number of rotatable bonds is 2. The lowest BCUT2D eigenvalue weighted by atomic mass is 9.89. The minimum absolute atomic E-state index is 0.0465. The minimum Gasteiger partial charge on any atom is -0.394 e. The molecule has 94 valence electrons. The molecule has 4 heteroatoms. The summed E-state index contributed by atoms with van der Waals surface area (Å²) in [5.41, 5.74) is 1.10. The molecule has 1 aromatic rings. The number of hydrogen-bond acceptors (Lipinski definition) is 2. The molecule has 0 amide bonds. The van der Waals surface area contributed by atoms with Gasteiger partial charge in [-0.15, -0.1) is 0 Å². The zero-order valence-electron chi connectivity index (χ0n) is 9.53. The monoisotopic (exact) mass is 274 g/mol. The Morgan fingerprint density at radius 3 is 2.76 bits per heavy atom. The molecule has 0 aromatic heterocycles. The van der Waals surface area contributed by atoms with Crippen molar-refractivity contribution in [2.24, 2.45) is 0 Å². The van der Waals surface area contributed by atoms with Crippen molar-refractivity contribution in [3.05, 3.63) is 33.8 Å². The van der Waals surface area contributed by atoms with Gasteiger partial charge < -0.3 is 9.84 Å². The highest BCUT2D eigenvalue weighted by atomic mass is 35.5. The number of benzene rings is 1. The van der Waals surface area contributed by atoms with Gasteiger partial charge in [-0.1, -0.05) is 35.7 Å². The van der Waals surface area contributed by atoms with E-state index >= 15 is 0 Å². The van der Waals surface area contributed by atoms with E-state index in [1.165, 1.54) is 0 Å². The highest BCUT2D eigenvalue weighted by Gasteiger charge is 2.25. The van der Waals surface area contributed by atoms with E-state index in [9.17, 15) is 5.11 Å². The number of ether oxygens (including phenoxy) is 1. The molecule has 1 N–H and O–H groups in total. The van der Waals surface area contributed by atoms with E-state index in [4.69, 9.17) is 27.9 Å². The summed E-state index contributed by atoms with van der Waals surface area (Å²) in [5, 5.41) is 10.5. The molecule has 1 aliphatic rings. The molecular formula is C13H16Cl2O2. The van der Waals surface area contributed by atoms with Crippen LogP contribution in [0.25, 0.3) is 0 Å². The van der Waals surface area contributed by atoms with Crippen molar-refractivity contribution in [2.45, 2.75) is 31.3 Å². The van der Waals surface area contributed by atoms with Crippen molar-refractivity contribution in [2.75, 3.05) is 13.2 Å². The largest absolute Gasteiger partial charge is 0.394 e. The zero-order valence-corrected chi connectivity index (χ0v) is 11.0. The second-order valence-electron chi connectivity index (χ2n) is 4.37. The summed E-state index contributed by atoms with van der Waals surface area (Å²) in [5.74, 6) is 0.206. The average Bonchev–Trinajstić information content (AvgIpc) is 2.57. The van der Waals surface area contributed by atoms with Crippen LogP contribution in [0.15, 0.2) is 18.2 Å². The third-order valence-corrected chi connectivity index (χ3v) is 3.98. The Bertz CT molecular complexity index is 382. The third-order valence-electron chi connectivity index (χ3n) is 3.24. The predicted molar refractivity (Wildman–Crippen MR) is 69.9 cm³/mol. The van der Waals surface area contributed by atoms with Gasteiger partial charge in [0.25, 0.3) is 0 Å². The molecule has 0 bridgehead atoms. The van der Waals surface area contributed by atoms with Gasteiger partial charge in [0.2, 0.25) is 0 Å². The van der Waals surface area contributed by atoms with Crippen LogP contribution in [0, 0.1) is 0 Å². The van der Waals surface area contributed by atoms with Gasteiger partial charge in [-0.2, -0.15) is 0 Å². The Morgan fingerprint density at radius 1 is 1.24 bits per heavy atom. The SMILES string of the molecule is OC[C@@H]1OCCCC[C@@H]1c1ccc(Cl)c(Cl)c1. The van der Waals surface area contributed by atoms with Crippen molar-refractivity contribution >= 4 is 23.2 Å². The summed E-state index contributed by atoms with van der Waals surface area (Å²) in [6.07, 6.45) is 3.05. The predicted octanol–water partition coefficient (Wildman–Crippen LogP) is 3.64. The van der Waals surface area contributed by atoms with Gasteiger partial charge in [0.1, 0.15) is 0 Å². The van der Waals surface area contributed by atoms with Gasteiger partial charge in [-0.05, 0) is 30.5 Å². The van der Waals surface area contributed by atoms with Crippen molar-refractivity contribution in [1.29, 1.82) is 0 Å². The first-order chi connectivity index (χ1) is 8.22. The Balaban J connectivity index is 2.25. The van der Waals surface area contributed by atoms with Crippen molar-refractivity contribution < 1.29 is 9.84 Å². The second-order valence-corrected chi connectivity index (χ2v) is 5.18. The minimum atomic E-state index is -0.130. The molecule has 2 atom stereocenters. The third kappa shape index (κ3) is 3.14. The van der Waals surface area contributed by atoms with E-state index in [0.29, 0.717) is 10.0 Å². The zero-order chi connectivity index (χ0) is 12.3. The van der Waals surface area contributed by atoms with Crippen LogP contribution >= 0.6 is 23.2 Å². The lowest BCUT2D eigenvalue weighted by Crippen LogP contribution is -2.25. The van der Waals surface area contributed by atoms with Gasteiger partial charge in [0.15, 0.2) is 0 Å². The van der Waals surface area contributed by atoms with Crippen LogP contribution in [0.5, 0.6) is 0 Å². The Kier molecular flexibility index (Phi) is 4.69. The average molecular weight is 275 g/mol. The summed E-state index contributed by atoms with van der Waals surface area (Å²) in [7, 11) is 0. The summed E-state index contributed by atoms with van der Waals surface area (Å²) < 4.78 is 5.66. The normalized spacial score (nSPS) is 25.6. The molecule has 0 unspecified atom stereocenters. The molecule has 1 aromatic carbocycles. The van der Waals surface area contributed by atoms with Gasteiger partial charge in [0.05, 0.1) is 22.8 Å². The van der Waals surface area contributed by atoms with E-state index in [-0.39, 0.29) is 18.6 Å². The Labute approximate surface area is 111 Å².